The molecular formula is C12H14N2. The lowest BCUT2D eigenvalue weighted by Gasteiger charge is -2.24. The van der Waals surface area contributed by atoms with Crippen LogP contribution in [0.3, 0.4) is 0 Å². The lowest BCUT2D eigenvalue weighted by Crippen LogP contribution is -2.29. The number of anilines is 1. The van der Waals surface area contributed by atoms with Crippen molar-refractivity contribution in [2.45, 2.75) is 19.4 Å². The van der Waals surface area contributed by atoms with Gasteiger partial charge in [0.15, 0.2) is 0 Å². The molecule has 2 nitrogen and oxygen atoms in total. The van der Waals surface area contributed by atoms with Crippen LogP contribution < -0.4 is 5.32 Å². The quantitative estimate of drug-likeness (QED) is 0.705. The van der Waals surface area contributed by atoms with E-state index in [2.05, 4.69) is 29.9 Å². The molecule has 0 amide bonds. The van der Waals surface area contributed by atoms with Crippen LogP contribution in [0, 0.1) is 0 Å². The van der Waals surface area contributed by atoms with Crippen molar-refractivity contribution < 1.29 is 0 Å². The summed E-state index contributed by atoms with van der Waals surface area (Å²) in [5, 5.41) is 3.45. The van der Waals surface area contributed by atoms with Gasteiger partial charge in [-0.3, -0.25) is 4.99 Å². The molecule has 14 heavy (non-hydrogen) atoms. The molecule has 1 N–H and O–H groups in total. The summed E-state index contributed by atoms with van der Waals surface area (Å²) in [4.78, 5) is 4.55. The zero-order valence-electron chi connectivity index (χ0n) is 8.33. The normalized spacial score (nSPS) is 19.2. The van der Waals surface area contributed by atoms with E-state index in [0.29, 0.717) is 6.04 Å². The second kappa shape index (κ2) is 3.66. The zero-order valence-corrected chi connectivity index (χ0v) is 8.33. The average Bonchev–Trinajstić information content (AvgIpc) is 2.19. The molecule has 1 aliphatic rings. The first-order valence-electron chi connectivity index (χ1n) is 4.83. The number of nitrogens with one attached hydrogen (secondary N) is 1. The van der Waals surface area contributed by atoms with Crippen molar-refractivity contribution in [2.75, 3.05) is 5.32 Å². The number of rotatable bonds is 2. The molecule has 0 radical (unpaired) electrons. The highest BCUT2D eigenvalue weighted by atomic mass is 15.0. The first-order chi connectivity index (χ1) is 6.81. The predicted molar refractivity (Wildman–Crippen MR) is 61.4 cm³/mol. The topological polar surface area (TPSA) is 24.4 Å². The van der Waals surface area contributed by atoms with Crippen molar-refractivity contribution >= 4 is 17.1 Å². The monoisotopic (exact) mass is 186 g/mol. The zero-order chi connectivity index (χ0) is 9.97. The Morgan fingerprint density at radius 2 is 2.29 bits per heavy atom. The summed E-state index contributed by atoms with van der Waals surface area (Å²) in [5.41, 5.74) is 3.28. The van der Waals surface area contributed by atoms with Crippen molar-refractivity contribution in [2.24, 2.45) is 4.99 Å². The highest BCUT2D eigenvalue weighted by Gasteiger charge is 2.16. The third kappa shape index (κ3) is 1.55. The van der Waals surface area contributed by atoms with E-state index < -0.39 is 0 Å². The Balaban J connectivity index is 2.33. The number of benzene rings is 1. The van der Waals surface area contributed by atoms with Gasteiger partial charge >= 0.3 is 0 Å². The molecule has 0 saturated heterocycles. The predicted octanol–water partition coefficient (Wildman–Crippen LogP) is 3.15. The van der Waals surface area contributed by atoms with E-state index >= 15 is 0 Å². The van der Waals surface area contributed by atoms with Crippen LogP contribution in [-0.2, 0) is 0 Å². The molecule has 2 heteroatoms. The lowest BCUT2D eigenvalue weighted by molar-refractivity contribution is 0.920. The maximum atomic E-state index is 4.55. The van der Waals surface area contributed by atoms with Crippen molar-refractivity contribution in [1.29, 1.82) is 0 Å². The Labute approximate surface area is 84.4 Å². The molecule has 0 bridgehead atoms. The Morgan fingerprint density at radius 3 is 3.07 bits per heavy atom. The summed E-state index contributed by atoms with van der Waals surface area (Å²) in [5.74, 6) is 0. The smallest absolute Gasteiger partial charge is 0.0861 e. The van der Waals surface area contributed by atoms with Crippen LogP contribution in [0.5, 0.6) is 0 Å². The van der Waals surface area contributed by atoms with Crippen molar-refractivity contribution in [3.05, 3.63) is 36.9 Å². The van der Waals surface area contributed by atoms with Gasteiger partial charge in [0.1, 0.15) is 0 Å². The third-order valence-corrected chi connectivity index (χ3v) is 2.44. The first-order valence-corrected chi connectivity index (χ1v) is 4.83. The molecule has 0 unspecified atom stereocenters. The highest BCUT2D eigenvalue weighted by Crippen LogP contribution is 2.29. The second-order valence-electron chi connectivity index (χ2n) is 3.49. The van der Waals surface area contributed by atoms with Gasteiger partial charge in [0.05, 0.1) is 17.4 Å². The van der Waals surface area contributed by atoms with Gasteiger partial charge in [-0.15, -0.1) is 6.58 Å². The maximum Gasteiger partial charge on any atom is 0.0861 e. The molecule has 0 aliphatic carbocycles. The molecular weight excluding hydrogens is 172 g/mol. The van der Waals surface area contributed by atoms with Gasteiger partial charge in [-0.25, -0.2) is 0 Å². The molecule has 1 heterocycles. The van der Waals surface area contributed by atoms with E-state index in [1.807, 2.05) is 24.3 Å². The summed E-state index contributed by atoms with van der Waals surface area (Å²) < 4.78 is 0. The number of fused-ring (bicyclic) bond motifs is 1. The fraction of sp³-hybridized carbons (Fsp3) is 0.250. The van der Waals surface area contributed by atoms with Gasteiger partial charge in [0.2, 0.25) is 0 Å². The van der Waals surface area contributed by atoms with Crippen LogP contribution in [0.2, 0.25) is 0 Å². The molecule has 72 valence electrons. The summed E-state index contributed by atoms with van der Waals surface area (Å²) in [7, 11) is 0. The maximum absolute atomic E-state index is 4.55. The SMILES string of the molecule is C=CC[C@@H]1Nc2ccccc2N=C1C. The molecule has 0 spiro atoms. The number of hydrogen-bond donors (Lipinski definition) is 1. The molecule has 1 atom stereocenters. The molecule has 0 saturated carbocycles. The van der Waals surface area contributed by atoms with E-state index in [9.17, 15) is 0 Å². The Bertz CT molecular complexity index is 380. The van der Waals surface area contributed by atoms with Crippen LogP contribution in [-0.4, -0.2) is 11.8 Å². The van der Waals surface area contributed by atoms with Crippen molar-refractivity contribution in [3.63, 3.8) is 0 Å². The van der Waals surface area contributed by atoms with E-state index in [0.717, 1.165) is 23.5 Å². The molecule has 1 aromatic carbocycles. The van der Waals surface area contributed by atoms with Gasteiger partial charge in [-0.1, -0.05) is 18.2 Å². The summed E-state index contributed by atoms with van der Waals surface area (Å²) in [6.45, 7) is 5.80. The highest BCUT2D eigenvalue weighted by molar-refractivity contribution is 5.96. The van der Waals surface area contributed by atoms with Gasteiger partial charge in [-0.05, 0) is 25.5 Å². The van der Waals surface area contributed by atoms with E-state index in [-0.39, 0.29) is 0 Å². The molecule has 0 fully saturated rings. The largest absolute Gasteiger partial charge is 0.375 e. The minimum atomic E-state index is 0.308. The minimum Gasteiger partial charge on any atom is -0.375 e. The Hall–Kier alpha value is -1.57. The van der Waals surface area contributed by atoms with E-state index in [1.165, 1.54) is 0 Å². The minimum absolute atomic E-state index is 0.308. The lowest BCUT2D eigenvalue weighted by atomic mass is 10.1. The summed E-state index contributed by atoms with van der Waals surface area (Å²) >= 11 is 0. The van der Waals surface area contributed by atoms with Gasteiger partial charge < -0.3 is 5.32 Å². The number of para-hydroxylation sites is 2. The second-order valence-corrected chi connectivity index (χ2v) is 3.49. The van der Waals surface area contributed by atoms with E-state index in [4.69, 9.17) is 0 Å². The van der Waals surface area contributed by atoms with Crippen molar-refractivity contribution in [1.82, 2.24) is 0 Å². The molecule has 1 aliphatic heterocycles. The first kappa shape index (κ1) is 9.00. The third-order valence-electron chi connectivity index (χ3n) is 2.44. The van der Waals surface area contributed by atoms with Crippen LogP contribution >= 0.6 is 0 Å². The molecule has 1 aromatic rings. The van der Waals surface area contributed by atoms with Crippen LogP contribution in [0.25, 0.3) is 0 Å². The van der Waals surface area contributed by atoms with Crippen LogP contribution in [0.1, 0.15) is 13.3 Å². The number of aliphatic imine (C=N–C) groups is 1. The molecule has 2 rings (SSSR count). The fourth-order valence-electron chi connectivity index (χ4n) is 1.65. The van der Waals surface area contributed by atoms with Crippen LogP contribution in [0.4, 0.5) is 11.4 Å². The van der Waals surface area contributed by atoms with Gasteiger partial charge in [0.25, 0.3) is 0 Å². The van der Waals surface area contributed by atoms with E-state index in [1.54, 1.807) is 0 Å². The van der Waals surface area contributed by atoms with Crippen LogP contribution in [0.15, 0.2) is 41.9 Å². The van der Waals surface area contributed by atoms with Crippen molar-refractivity contribution in [3.8, 4) is 0 Å². The summed E-state index contributed by atoms with van der Waals surface area (Å²) in [6, 6.07) is 8.41. The number of nitrogens with zero attached hydrogens (tertiary/aromatic N) is 1. The Kier molecular flexibility index (Phi) is 2.35. The Morgan fingerprint density at radius 1 is 1.50 bits per heavy atom. The van der Waals surface area contributed by atoms with Gasteiger partial charge in [0, 0.05) is 5.71 Å². The van der Waals surface area contributed by atoms with Gasteiger partial charge in [-0.2, -0.15) is 0 Å². The fourth-order valence-corrected chi connectivity index (χ4v) is 1.65. The standard InChI is InChI=1S/C12H14N2/c1-3-6-10-9(2)13-11-7-4-5-8-12(11)14-10/h3-5,7-8,10,14H,1,6H2,2H3/t10-/m0/s1. The molecule has 0 aromatic heterocycles. The average molecular weight is 186 g/mol. The number of hydrogen-bond acceptors (Lipinski definition) is 2. The summed E-state index contributed by atoms with van der Waals surface area (Å²) in [6.07, 6.45) is 2.84.